The maximum absolute atomic E-state index is 5.66. The highest BCUT2D eigenvalue weighted by molar-refractivity contribution is 6.66. The maximum atomic E-state index is 5.66. The van der Waals surface area contributed by atoms with Gasteiger partial charge in [0.2, 0.25) is 3.79 Å². The van der Waals surface area contributed by atoms with Crippen molar-refractivity contribution in [2.45, 2.75) is 3.79 Å². The Morgan fingerprint density at radius 1 is 1.23 bits per heavy atom. The molecule has 0 saturated heterocycles. The summed E-state index contributed by atoms with van der Waals surface area (Å²) in [6, 6.07) is 6.68. The van der Waals surface area contributed by atoms with E-state index in [1.54, 1.807) is 24.3 Å². The van der Waals surface area contributed by atoms with Crippen molar-refractivity contribution in [2.75, 3.05) is 4.53 Å². The van der Waals surface area contributed by atoms with Gasteiger partial charge in [0, 0.05) is 17.3 Å². The van der Waals surface area contributed by atoms with Gasteiger partial charge in [-0.1, -0.05) is 46.9 Å². The van der Waals surface area contributed by atoms with Crippen LogP contribution in [0.25, 0.3) is 0 Å². The topological polar surface area (TPSA) is 29.3 Å². The first-order valence-electron chi connectivity index (χ1n) is 3.29. The Hall–Kier alpha value is 0.140. The van der Waals surface area contributed by atoms with Crippen LogP contribution in [-0.4, -0.2) is 0 Å². The second-order valence-corrected chi connectivity index (χ2v) is 5.00. The fourth-order valence-corrected chi connectivity index (χ4v) is 1.27. The van der Waals surface area contributed by atoms with Gasteiger partial charge in [0.15, 0.2) is 0 Å². The molecule has 0 bridgehead atoms. The van der Waals surface area contributed by atoms with Gasteiger partial charge in [0.05, 0.1) is 5.69 Å². The van der Waals surface area contributed by atoms with Crippen molar-refractivity contribution in [3.63, 3.8) is 0 Å². The highest BCUT2D eigenvalue weighted by Crippen LogP contribution is 2.39. The van der Waals surface area contributed by atoms with Gasteiger partial charge in [0.25, 0.3) is 0 Å². The Labute approximate surface area is 96.2 Å². The van der Waals surface area contributed by atoms with E-state index in [9.17, 15) is 0 Å². The van der Waals surface area contributed by atoms with E-state index in [2.05, 4.69) is 0 Å². The third-order valence-electron chi connectivity index (χ3n) is 1.42. The first-order chi connectivity index (χ1) is 5.91. The van der Waals surface area contributed by atoms with Crippen LogP contribution in [0.3, 0.4) is 0 Å². The summed E-state index contributed by atoms with van der Waals surface area (Å²) in [5, 5.41) is 0. The van der Waals surface area contributed by atoms with E-state index < -0.39 is 3.79 Å². The Morgan fingerprint density at radius 3 is 2.31 bits per heavy atom. The molecule has 0 saturated carbocycles. The molecule has 1 rings (SSSR count). The van der Waals surface area contributed by atoms with Crippen molar-refractivity contribution in [1.29, 1.82) is 0 Å². The quantitative estimate of drug-likeness (QED) is 0.363. The van der Waals surface area contributed by atoms with Crippen molar-refractivity contribution >= 4 is 52.3 Å². The molecule has 2 N–H and O–H groups in total. The number of benzene rings is 1. The molecule has 0 fully saturated rings. The molecule has 0 radical (unpaired) electrons. The van der Waals surface area contributed by atoms with Crippen molar-refractivity contribution in [2.24, 2.45) is 5.84 Å². The lowest BCUT2D eigenvalue weighted by Crippen LogP contribution is -2.18. The molecular formula is C7H6Cl4N2. The van der Waals surface area contributed by atoms with Crippen LogP contribution in [0.2, 0.25) is 0 Å². The smallest absolute Gasteiger partial charge is 0.216 e. The molecular weight excluding hydrogens is 254 g/mol. The zero-order valence-corrected chi connectivity index (χ0v) is 9.37. The van der Waals surface area contributed by atoms with Gasteiger partial charge in [-0.15, -0.1) is 0 Å². The molecule has 2 nitrogen and oxygen atoms in total. The number of halogens is 4. The largest absolute Gasteiger partial charge is 0.232 e. The second-order valence-electron chi connectivity index (χ2n) is 2.36. The lowest BCUT2D eigenvalue weighted by Gasteiger charge is -2.14. The Bertz CT molecular complexity index is 295. The Kier molecular flexibility index (Phi) is 3.55. The maximum Gasteiger partial charge on any atom is 0.216 e. The van der Waals surface area contributed by atoms with Crippen LogP contribution in [0.4, 0.5) is 5.69 Å². The molecule has 1 aromatic carbocycles. The number of hydrogen-bond acceptors (Lipinski definition) is 2. The average molecular weight is 260 g/mol. The first kappa shape index (κ1) is 11.2. The van der Waals surface area contributed by atoms with E-state index in [0.717, 1.165) is 4.53 Å². The molecule has 0 unspecified atom stereocenters. The normalized spacial score (nSPS) is 11.5. The molecule has 72 valence electrons. The van der Waals surface area contributed by atoms with Gasteiger partial charge >= 0.3 is 0 Å². The summed E-state index contributed by atoms with van der Waals surface area (Å²) in [6.45, 7) is 0. The van der Waals surface area contributed by atoms with Crippen LogP contribution >= 0.6 is 46.6 Å². The van der Waals surface area contributed by atoms with Crippen LogP contribution < -0.4 is 10.4 Å². The molecule has 0 atom stereocenters. The van der Waals surface area contributed by atoms with E-state index in [4.69, 9.17) is 52.4 Å². The van der Waals surface area contributed by atoms with Gasteiger partial charge in [-0.25, -0.2) is 10.4 Å². The van der Waals surface area contributed by atoms with Crippen LogP contribution in [0.5, 0.6) is 0 Å². The number of hydrogen-bond donors (Lipinski definition) is 1. The second kappa shape index (κ2) is 4.11. The summed E-state index contributed by atoms with van der Waals surface area (Å²) in [7, 11) is 0. The number of anilines is 1. The minimum Gasteiger partial charge on any atom is -0.232 e. The molecule has 0 heterocycles. The molecule has 0 spiro atoms. The molecule has 0 aromatic heterocycles. The minimum absolute atomic E-state index is 0.520. The molecule has 6 heteroatoms. The highest BCUT2D eigenvalue weighted by Gasteiger charge is 2.22. The number of nitrogens with two attached hydrogens (primary N) is 1. The third kappa shape index (κ3) is 3.08. The van der Waals surface area contributed by atoms with Crippen LogP contribution in [-0.2, 0) is 3.79 Å². The Morgan fingerprint density at radius 2 is 1.85 bits per heavy atom. The van der Waals surface area contributed by atoms with E-state index in [0.29, 0.717) is 11.3 Å². The fraction of sp³-hybridized carbons (Fsp3) is 0.143. The zero-order valence-electron chi connectivity index (χ0n) is 6.35. The van der Waals surface area contributed by atoms with E-state index in [-0.39, 0.29) is 0 Å². The lowest BCUT2D eigenvalue weighted by atomic mass is 10.2. The summed E-state index contributed by atoms with van der Waals surface area (Å²) in [5.41, 5.74) is 1.08. The van der Waals surface area contributed by atoms with Crippen molar-refractivity contribution < 1.29 is 0 Å². The summed E-state index contributed by atoms with van der Waals surface area (Å²) in [4.78, 5) is 0. The van der Waals surface area contributed by atoms with E-state index in [1.165, 1.54) is 0 Å². The van der Waals surface area contributed by atoms with Crippen molar-refractivity contribution in [3.8, 4) is 0 Å². The van der Waals surface area contributed by atoms with Gasteiger partial charge in [-0.2, -0.15) is 0 Å². The number of rotatable bonds is 1. The Balaban J connectivity index is 3.06. The van der Waals surface area contributed by atoms with Crippen LogP contribution in [0, 0.1) is 0 Å². The minimum atomic E-state index is -1.46. The highest BCUT2D eigenvalue weighted by atomic mass is 35.6. The van der Waals surface area contributed by atoms with Gasteiger partial charge in [-0.05, 0) is 12.1 Å². The summed E-state index contributed by atoms with van der Waals surface area (Å²) in [6.07, 6.45) is 0. The SMILES string of the molecule is NN(Cl)c1cccc(C(Cl)(Cl)Cl)c1. The number of hydrazine groups is 1. The molecule has 13 heavy (non-hydrogen) atoms. The van der Waals surface area contributed by atoms with Gasteiger partial charge in [0.1, 0.15) is 0 Å². The molecule has 0 aliphatic heterocycles. The average Bonchev–Trinajstić information content (AvgIpc) is 2.03. The third-order valence-corrected chi connectivity index (χ3v) is 2.27. The monoisotopic (exact) mass is 258 g/mol. The predicted molar refractivity (Wildman–Crippen MR) is 58.2 cm³/mol. The predicted octanol–water partition coefficient (Wildman–Crippen LogP) is 3.35. The van der Waals surface area contributed by atoms with Gasteiger partial charge in [-0.3, -0.25) is 0 Å². The van der Waals surface area contributed by atoms with Crippen LogP contribution in [0.15, 0.2) is 24.3 Å². The lowest BCUT2D eigenvalue weighted by molar-refractivity contribution is 1.17. The number of nitrogens with zero attached hydrogens (tertiary/aromatic N) is 1. The van der Waals surface area contributed by atoms with Crippen molar-refractivity contribution in [3.05, 3.63) is 29.8 Å². The van der Waals surface area contributed by atoms with E-state index in [1.807, 2.05) is 0 Å². The molecule has 0 aliphatic rings. The summed E-state index contributed by atoms with van der Waals surface area (Å²) >= 11 is 22.5. The van der Waals surface area contributed by atoms with E-state index >= 15 is 0 Å². The number of alkyl halides is 3. The van der Waals surface area contributed by atoms with Gasteiger partial charge < -0.3 is 0 Å². The summed E-state index contributed by atoms with van der Waals surface area (Å²) < 4.78 is -0.525. The summed E-state index contributed by atoms with van der Waals surface area (Å²) in [5.74, 6) is 5.30. The molecule has 0 amide bonds. The molecule has 1 aromatic rings. The zero-order chi connectivity index (χ0) is 10.1. The molecule has 0 aliphatic carbocycles. The van der Waals surface area contributed by atoms with Crippen LogP contribution in [0.1, 0.15) is 5.56 Å². The first-order valence-corrected chi connectivity index (χ1v) is 4.76. The fourth-order valence-electron chi connectivity index (χ4n) is 0.815. The standard InChI is InChI=1S/C7H6Cl4N2/c8-7(9,10)5-2-1-3-6(4-5)13(11)12/h1-4H,12H2. The van der Waals surface area contributed by atoms with Crippen molar-refractivity contribution in [1.82, 2.24) is 0 Å².